The molecule has 0 saturated heterocycles. The number of carbonyl (C=O) groups excluding carboxylic acids is 1. The van der Waals surface area contributed by atoms with E-state index in [1.54, 1.807) is 0 Å². The van der Waals surface area contributed by atoms with E-state index in [-0.39, 0.29) is 5.97 Å². The summed E-state index contributed by atoms with van der Waals surface area (Å²) in [4.78, 5) is 12.1. The van der Waals surface area contributed by atoms with Crippen molar-refractivity contribution in [2.24, 2.45) is 0 Å². The molecule has 0 aromatic rings. The van der Waals surface area contributed by atoms with Crippen LogP contribution in [0.15, 0.2) is 0 Å². The fourth-order valence-electron chi connectivity index (χ4n) is 9.08. The monoisotopic (exact) mass is 817 g/mol. The zero-order valence-corrected chi connectivity index (χ0v) is 40.8. The summed E-state index contributed by atoms with van der Waals surface area (Å²) in [5.41, 5.74) is 0. The SMILES string of the molecule is CCCCCCCCCCCCCCCCCCCCCCCCCCCCC(=O)OCCCCCCCCCCCCCCCCCCCCCCCCCCC. The van der Waals surface area contributed by atoms with Crippen LogP contribution in [0.1, 0.15) is 348 Å². The van der Waals surface area contributed by atoms with Crippen molar-refractivity contribution in [3.8, 4) is 0 Å². The molecule has 0 unspecified atom stereocenters. The Kier molecular flexibility index (Phi) is 54.0. The molecule has 0 saturated carbocycles. The molecular weight excluding hydrogens is 705 g/mol. The quantitative estimate of drug-likeness (QED) is 0.0451. The van der Waals surface area contributed by atoms with E-state index in [4.69, 9.17) is 4.74 Å². The summed E-state index contributed by atoms with van der Waals surface area (Å²) in [6, 6.07) is 0. The van der Waals surface area contributed by atoms with Gasteiger partial charge in [0.1, 0.15) is 0 Å². The van der Waals surface area contributed by atoms with Gasteiger partial charge in [-0.05, 0) is 12.8 Å². The summed E-state index contributed by atoms with van der Waals surface area (Å²) in [7, 11) is 0. The molecule has 0 spiro atoms. The predicted octanol–water partition coefficient (Wildman–Crippen LogP) is 20.9. The largest absolute Gasteiger partial charge is 0.466 e. The van der Waals surface area contributed by atoms with Crippen molar-refractivity contribution >= 4 is 5.97 Å². The van der Waals surface area contributed by atoms with E-state index in [2.05, 4.69) is 13.8 Å². The molecule has 0 N–H and O–H groups in total. The number of unbranched alkanes of at least 4 members (excludes halogenated alkanes) is 49. The second-order valence-corrected chi connectivity index (χ2v) is 19.3. The highest BCUT2D eigenvalue weighted by molar-refractivity contribution is 5.69. The molecule has 0 fully saturated rings. The Hall–Kier alpha value is -0.530. The van der Waals surface area contributed by atoms with Gasteiger partial charge in [0.2, 0.25) is 0 Å². The van der Waals surface area contributed by atoms with Crippen molar-refractivity contribution in [1.82, 2.24) is 0 Å². The molecule has 0 aliphatic carbocycles. The van der Waals surface area contributed by atoms with E-state index >= 15 is 0 Å². The molecule has 0 heterocycles. The Bertz CT molecular complexity index is 659. The zero-order valence-electron chi connectivity index (χ0n) is 40.8. The molecule has 348 valence electrons. The summed E-state index contributed by atoms with van der Waals surface area (Å²) in [5, 5.41) is 0. The number of esters is 1. The van der Waals surface area contributed by atoms with Crippen LogP contribution in [0.2, 0.25) is 0 Å². The minimum atomic E-state index is 0.0358. The number of rotatable bonds is 53. The number of ether oxygens (including phenoxy) is 1. The zero-order chi connectivity index (χ0) is 41.8. The number of carbonyl (C=O) groups is 1. The van der Waals surface area contributed by atoms with Gasteiger partial charge in [-0.15, -0.1) is 0 Å². The lowest BCUT2D eigenvalue weighted by molar-refractivity contribution is -0.143. The Balaban J connectivity index is 3.14. The van der Waals surface area contributed by atoms with Gasteiger partial charge in [0.25, 0.3) is 0 Å². The molecule has 0 amide bonds. The van der Waals surface area contributed by atoms with Crippen LogP contribution in [0.4, 0.5) is 0 Å². The lowest BCUT2D eigenvalue weighted by Crippen LogP contribution is -2.05. The van der Waals surface area contributed by atoms with Gasteiger partial charge >= 0.3 is 5.97 Å². The van der Waals surface area contributed by atoms with Crippen LogP contribution >= 0.6 is 0 Å². The van der Waals surface area contributed by atoms with Gasteiger partial charge in [-0.25, -0.2) is 0 Å². The summed E-state index contributed by atoms with van der Waals surface area (Å²) < 4.78 is 5.51. The second-order valence-electron chi connectivity index (χ2n) is 19.3. The smallest absolute Gasteiger partial charge is 0.305 e. The molecule has 0 rings (SSSR count). The summed E-state index contributed by atoms with van der Waals surface area (Å²) in [6.07, 6.45) is 72.8. The highest BCUT2D eigenvalue weighted by atomic mass is 16.5. The van der Waals surface area contributed by atoms with E-state index in [0.717, 1.165) is 12.8 Å². The van der Waals surface area contributed by atoms with E-state index in [0.29, 0.717) is 13.0 Å². The number of hydrogen-bond acceptors (Lipinski definition) is 2. The number of hydrogen-bond donors (Lipinski definition) is 0. The summed E-state index contributed by atoms with van der Waals surface area (Å²) >= 11 is 0. The summed E-state index contributed by atoms with van der Waals surface area (Å²) in [5.74, 6) is 0.0358. The van der Waals surface area contributed by atoms with Crippen molar-refractivity contribution in [1.29, 1.82) is 0 Å². The maximum Gasteiger partial charge on any atom is 0.305 e. The van der Waals surface area contributed by atoms with Crippen molar-refractivity contribution < 1.29 is 9.53 Å². The third-order valence-electron chi connectivity index (χ3n) is 13.2. The van der Waals surface area contributed by atoms with Crippen LogP contribution in [0.25, 0.3) is 0 Å². The Morgan fingerprint density at radius 2 is 0.379 bits per heavy atom. The van der Waals surface area contributed by atoms with Crippen LogP contribution in [-0.2, 0) is 9.53 Å². The summed E-state index contributed by atoms with van der Waals surface area (Å²) in [6.45, 7) is 5.25. The van der Waals surface area contributed by atoms with Crippen LogP contribution in [0.5, 0.6) is 0 Å². The molecule has 0 radical (unpaired) electrons. The third kappa shape index (κ3) is 53.5. The van der Waals surface area contributed by atoms with Gasteiger partial charge in [-0.2, -0.15) is 0 Å². The fourth-order valence-corrected chi connectivity index (χ4v) is 9.08. The standard InChI is InChI=1S/C56H112O2/c1-3-5-7-9-11-13-15-17-19-21-23-25-27-29-30-32-34-36-38-40-42-44-46-48-50-52-54-56(57)58-55-53-51-49-47-45-43-41-39-37-35-33-31-28-26-24-22-20-18-16-14-12-10-8-6-4-2/h3-55H2,1-2H3. The van der Waals surface area contributed by atoms with E-state index in [1.807, 2.05) is 0 Å². The molecule has 0 aromatic heterocycles. The Morgan fingerprint density at radius 1 is 0.224 bits per heavy atom. The first-order chi connectivity index (χ1) is 28.8. The van der Waals surface area contributed by atoms with Gasteiger partial charge in [0, 0.05) is 6.42 Å². The Morgan fingerprint density at radius 3 is 0.569 bits per heavy atom. The first kappa shape index (κ1) is 57.5. The lowest BCUT2D eigenvalue weighted by atomic mass is 10.0. The van der Waals surface area contributed by atoms with E-state index in [1.165, 1.54) is 315 Å². The van der Waals surface area contributed by atoms with Crippen molar-refractivity contribution in [3.63, 3.8) is 0 Å². The van der Waals surface area contributed by atoms with E-state index < -0.39 is 0 Å². The molecule has 0 atom stereocenters. The average molecular weight is 818 g/mol. The third-order valence-corrected chi connectivity index (χ3v) is 13.2. The van der Waals surface area contributed by atoms with Gasteiger partial charge in [0.15, 0.2) is 0 Å². The van der Waals surface area contributed by atoms with Crippen LogP contribution in [0.3, 0.4) is 0 Å². The first-order valence-corrected chi connectivity index (χ1v) is 28.0. The van der Waals surface area contributed by atoms with Crippen molar-refractivity contribution in [3.05, 3.63) is 0 Å². The normalized spacial score (nSPS) is 11.6. The highest BCUT2D eigenvalue weighted by Gasteiger charge is 2.03. The second kappa shape index (κ2) is 54.5. The minimum absolute atomic E-state index is 0.0358. The maximum absolute atomic E-state index is 12.1. The maximum atomic E-state index is 12.1. The van der Waals surface area contributed by atoms with Gasteiger partial charge in [-0.1, -0.05) is 328 Å². The van der Waals surface area contributed by atoms with Crippen LogP contribution in [0, 0.1) is 0 Å². The predicted molar refractivity (Wildman–Crippen MR) is 262 cm³/mol. The van der Waals surface area contributed by atoms with E-state index in [9.17, 15) is 4.79 Å². The molecule has 0 bridgehead atoms. The lowest BCUT2D eigenvalue weighted by Gasteiger charge is -2.06. The minimum Gasteiger partial charge on any atom is -0.466 e. The molecule has 0 aliphatic rings. The highest BCUT2D eigenvalue weighted by Crippen LogP contribution is 2.18. The Labute approximate surface area is 368 Å². The van der Waals surface area contributed by atoms with Crippen molar-refractivity contribution in [2.45, 2.75) is 348 Å². The molecule has 2 heteroatoms. The topological polar surface area (TPSA) is 26.3 Å². The molecule has 0 aromatic carbocycles. The molecular formula is C56H112O2. The molecule has 2 nitrogen and oxygen atoms in total. The van der Waals surface area contributed by atoms with Gasteiger partial charge in [0.05, 0.1) is 6.61 Å². The molecule has 58 heavy (non-hydrogen) atoms. The molecule has 0 aliphatic heterocycles. The van der Waals surface area contributed by atoms with Crippen LogP contribution < -0.4 is 0 Å². The first-order valence-electron chi connectivity index (χ1n) is 28.0. The van der Waals surface area contributed by atoms with Gasteiger partial charge < -0.3 is 4.74 Å². The average Bonchev–Trinajstić information content (AvgIpc) is 3.23. The fraction of sp³-hybridized carbons (Fsp3) is 0.982. The van der Waals surface area contributed by atoms with Gasteiger partial charge in [-0.3, -0.25) is 4.79 Å². The van der Waals surface area contributed by atoms with Crippen molar-refractivity contribution in [2.75, 3.05) is 6.61 Å². The van der Waals surface area contributed by atoms with Crippen LogP contribution in [-0.4, -0.2) is 12.6 Å².